The summed E-state index contributed by atoms with van der Waals surface area (Å²) >= 11 is 0. The van der Waals surface area contributed by atoms with Crippen LogP contribution in [-0.2, 0) is 6.42 Å². The number of hydrogen-bond acceptors (Lipinski definition) is 4. The molecule has 0 amide bonds. The molecule has 0 saturated heterocycles. The number of methoxy groups -OCH3 is 1. The first-order chi connectivity index (χ1) is 11.1. The van der Waals surface area contributed by atoms with Gasteiger partial charge in [-0.15, -0.1) is 0 Å². The van der Waals surface area contributed by atoms with Crippen LogP contribution in [0.15, 0.2) is 30.3 Å². The van der Waals surface area contributed by atoms with Crippen molar-refractivity contribution in [3.05, 3.63) is 41.6 Å². The molecule has 0 unspecified atom stereocenters. The fourth-order valence-corrected chi connectivity index (χ4v) is 2.29. The van der Waals surface area contributed by atoms with Crippen LogP contribution in [0.5, 0.6) is 11.5 Å². The van der Waals surface area contributed by atoms with E-state index >= 15 is 0 Å². The Kier molecular flexibility index (Phi) is 5.57. The molecule has 0 aliphatic heterocycles. The Balaban J connectivity index is 2.50. The van der Waals surface area contributed by atoms with E-state index in [1.807, 2.05) is 32.0 Å². The molecule has 1 aromatic heterocycles. The molecule has 0 aliphatic rings. The Morgan fingerprint density at radius 1 is 1.22 bits per heavy atom. The molecule has 1 heterocycles. The minimum atomic E-state index is -0.960. The van der Waals surface area contributed by atoms with Gasteiger partial charge in [-0.25, -0.2) is 4.79 Å². The van der Waals surface area contributed by atoms with Gasteiger partial charge in [0.25, 0.3) is 0 Å². The maximum Gasteiger partial charge on any atom is 0.337 e. The number of aromatic nitrogens is 1. The SMILES string of the molecule is CCCOc1cc(OC)ccc1-c1ccc(C(=O)O)c(CC)n1. The van der Waals surface area contributed by atoms with E-state index in [2.05, 4.69) is 4.98 Å². The van der Waals surface area contributed by atoms with Crippen LogP contribution in [0.3, 0.4) is 0 Å². The first-order valence-electron chi connectivity index (χ1n) is 7.65. The molecule has 0 fully saturated rings. The van der Waals surface area contributed by atoms with Crippen molar-refractivity contribution in [3.63, 3.8) is 0 Å². The molecule has 0 saturated carbocycles. The minimum Gasteiger partial charge on any atom is -0.497 e. The molecule has 0 atom stereocenters. The number of carboxylic acid groups (broad SMARTS) is 1. The quantitative estimate of drug-likeness (QED) is 0.841. The summed E-state index contributed by atoms with van der Waals surface area (Å²) in [6, 6.07) is 8.85. The zero-order chi connectivity index (χ0) is 16.8. The number of carboxylic acids is 1. The van der Waals surface area contributed by atoms with Crippen molar-refractivity contribution < 1.29 is 19.4 Å². The number of benzene rings is 1. The summed E-state index contributed by atoms with van der Waals surface area (Å²) in [6.07, 6.45) is 1.44. The molecule has 0 spiro atoms. The second-order valence-corrected chi connectivity index (χ2v) is 5.06. The topological polar surface area (TPSA) is 68.7 Å². The molecule has 122 valence electrons. The largest absolute Gasteiger partial charge is 0.497 e. The molecule has 0 bridgehead atoms. The fourth-order valence-electron chi connectivity index (χ4n) is 2.29. The van der Waals surface area contributed by atoms with E-state index < -0.39 is 5.97 Å². The monoisotopic (exact) mass is 315 g/mol. The summed E-state index contributed by atoms with van der Waals surface area (Å²) < 4.78 is 11.0. The number of nitrogens with zero attached hydrogens (tertiary/aromatic N) is 1. The highest BCUT2D eigenvalue weighted by atomic mass is 16.5. The normalized spacial score (nSPS) is 10.4. The number of aryl methyl sites for hydroxylation is 1. The van der Waals surface area contributed by atoms with Crippen LogP contribution in [0.1, 0.15) is 36.3 Å². The molecular weight excluding hydrogens is 294 g/mol. The lowest BCUT2D eigenvalue weighted by Gasteiger charge is -2.13. The van der Waals surface area contributed by atoms with Gasteiger partial charge in [0.2, 0.25) is 0 Å². The third kappa shape index (κ3) is 3.80. The number of hydrogen-bond donors (Lipinski definition) is 1. The van der Waals surface area contributed by atoms with E-state index in [9.17, 15) is 9.90 Å². The van der Waals surface area contributed by atoms with Gasteiger partial charge in [0.1, 0.15) is 11.5 Å². The second kappa shape index (κ2) is 7.63. The van der Waals surface area contributed by atoms with Gasteiger partial charge < -0.3 is 14.6 Å². The number of rotatable bonds is 7. The standard InChI is InChI=1S/C18H21NO4/c1-4-10-23-17-11-12(22-3)6-7-13(17)16-9-8-14(18(20)21)15(5-2)19-16/h6-9,11H,4-5,10H2,1-3H3,(H,20,21). The number of pyridine rings is 1. The van der Waals surface area contributed by atoms with Crippen LogP contribution in [0, 0.1) is 0 Å². The van der Waals surface area contributed by atoms with Gasteiger partial charge in [0, 0.05) is 11.6 Å². The molecule has 1 aromatic carbocycles. The van der Waals surface area contributed by atoms with E-state index in [4.69, 9.17) is 9.47 Å². The third-order valence-corrected chi connectivity index (χ3v) is 3.47. The molecule has 0 aliphatic carbocycles. The smallest absolute Gasteiger partial charge is 0.337 e. The van der Waals surface area contributed by atoms with Crippen molar-refractivity contribution in [2.24, 2.45) is 0 Å². The average molecular weight is 315 g/mol. The summed E-state index contributed by atoms with van der Waals surface area (Å²) in [5, 5.41) is 9.22. The lowest BCUT2D eigenvalue weighted by molar-refractivity contribution is 0.0695. The first-order valence-corrected chi connectivity index (χ1v) is 7.65. The van der Waals surface area contributed by atoms with Crippen molar-refractivity contribution in [1.82, 2.24) is 4.98 Å². The zero-order valence-electron chi connectivity index (χ0n) is 13.6. The highest BCUT2D eigenvalue weighted by Gasteiger charge is 2.14. The minimum absolute atomic E-state index is 0.237. The van der Waals surface area contributed by atoms with Gasteiger partial charge in [-0.1, -0.05) is 13.8 Å². The summed E-state index contributed by atoms with van der Waals surface area (Å²) in [5.41, 5.74) is 2.32. The molecule has 1 N–H and O–H groups in total. The Morgan fingerprint density at radius 3 is 2.61 bits per heavy atom. The van der Waals surface area contributed by atoms with Gasteiger partial charge in [0.05, 0.1) is 30.7 Å². The Labute approximate surface area is 135 Å². The lowest BCUT2D eigenvalue weighted by atomic mass is 10.1. The van der Waals surface area contributed by atoms with Crippen molar-refractivity contribution in [1.29, 1.82) is 0 Å². The van der Waals surface area contributed by atoms with Crippen molar-refractivity contribution in [2.45, 2.75) is 26.7 Å². The number of aromatic carboxylic acids is 1. The van der Waals surface area contributed by atoms with Gasteiger partial charge in [-0.3, -0.25) is 4.98 Å². The Morgan fingerprint density at radius 2 is 2.00 bits per heavy atom. The van der Waals surface area contributed by atoms with Gasteiger partial charge in [0.15, 0.2) is 0 Å². The summed E-state index contributed by atoms with van der Waals surface area (Å²) in [4.78, 5) is 15.7. The van der Waals surface area contributed by atoms with Crippen LogP contribution in [-0.4, -0.2) is 29.8 Å². The van der Waals surface area contributed by atoms with Gasteiger partial charge in [-0.2, -0.15) is 0 Å². The molecule has 5 nitrogen and oxygen atoms in total. The van der Waals surface area contributed by atoms with Crippen LogP contribution >= 0.6 is 0 Å². The van der Waals surface area contributed by atoms with Crippen molar-refractivity contribution in [3.8, 4) is 22.8 Å². The highest BCUT2D eigenvalue weighted by molar-refractivity contribution is 5.89. The Bertz CT molecular complexity index is 697. The van der Waals surface area contributed by atoms with Gasteiger partial charge in [-0.05, 0) is 37.1 Å². The van der Waals surface area contributed by atoms with Crippen molar-refractivity contribution in [2.75, 3.05) is 13.7 Å². The Hall–Kier alpha value is -2.56. The maximum atomic E-state index is 11.2. The van der Waals surface area contributed by atoms with E-state index in [1.54, 1.807) is 19.2 Å². The molecule has 0 radical (unpaired) electrons. The summed E-state index contributed by atoms with van der Waals surface area (Å²) in [5.74, 6) is 0.430. The van der Waals surface area contributed by atoms with Gasteiger partial charge >= 0.3 is 5.97 Å². The summed E-state index contributed by atoms with van der Waals surface area (Å²) in [7, 11) is 1.60. The average Bonchev–Trinajstić information content (AvgIpc) is 2.58. The van der Waals surface area contributed by atoms with E-state index in [0.717, 1.165) is 12.0 Å². The summed E-state index contributed by atoms with van der Waals surface area (Å²) in [6.45, 7) is 4.52. The highest BCUT2D eigenvalue weighted by Crippen LogP contribution is 2.33. The maximum absolute atomic E-state index is 11.2. The molecule has 5 heteroatoms. The van der Waals surface area contributed by atoms with E-state index in [0.29, 0.717) is 35.9 Å². The number of ether oxygens (including phenoxy) is 2. The predicted octanol–water partition coefficient (Wildman–Crippen LogP) is 3.81. The molecular formula is C18H21NO4. The van der Waals surface area contributed by atoms with Crippen LogP contribution in [0.25, 0.3) is 11.3 Å². The molecule has 2 aromatic rings. The third-order valence-electron chi connectivity index (χ3n) is 3.47. The van der Waals surface area contributed by atoms with Crippen LogP contribution < -0.4 is 9.47 Å². The van der Waals surface area contributed by atoms with Crippen LogP contribution in [0.2, 0.25) is 0 Å². The second-order valence-electron chi connectivity index (χ2n) is 5.06. The first kappa shape index (κ1) is 16.8. The number of carbonyl (C=O) groups is 1. The van der Waals surface area contributed by atoms with Crippen molar-refractivity contribution >= 4 is 5.97 Å². The lowest BCUT2D eigenvalue weighted by Crippen LogP contribution is -2.05. The molecule has 2 rings (SSSR count). The van der Waals surface area contributed by atoms with Crippen LogP contribution in [0.4, 0.5) is 0 Å². The molecule has 23 heavy (non-hydrogen) atoms. The van der Waals surface area contributed by atoms with E-state index in [-0.39, 0.29) is 5.56 Å². The fraction of sp³-hybridized carbons (Fsp3) is 0.333. The predicted molar refractivity (Wildman–Crippen MR) is 88.3 cm³/mol. The van der Waals surface area contributed by atoms with E-state index in [1.165, 1.54) is 0 Å². The zero-order valence-corrected chi connectivity index (χ0v) is 13.6.